The first-order valence-electron chi connectivity index (χ1n) is 7.65. The molecular formula is C13H29IN4O3S. The van der Waals surface area contributed by atoms with Crippen LogP contribution in [0.4, 0.5) is 0 Å². The van der Waals surface area contributed by atoms with Gasteiger partial charge in [0, 0.05) is 26.2 Å². The van der Waals surface area contributed by atoms with E-state index in [4.69, 9.17) is 10.5 Å². The van der Waals surface area contributed by atoms with Gasteiger partial charge in [0.1, 0.15) is 0 Å². The second-order valence-electron chi connectivity index (χ2n) is 5.08. The Labute approximate surface area is 151 Å². The van der Waals surface area contributed by atoms with Gasteiger partial charge < -0.3 is 15.8 Å². The van der Waals surface area contributed by atoms with Crippen molar-refractivity contribution in [1.82, 2.24) is 9.62 Å². The van der Waals surface area contributed by atoms with Crippen molar-refractivity contribution in [2.45, 2.75) is 32.6 Å². The predicted molar refractivity (Wildman–Crippen MR) is 100 cm³/mol. The number of guanidine groups is 1. The molecule has 0 atom stereocenters. The number of ether oxygens (including phenoxy) is 1. The molecule has 0 aromatic carbocycles. The van der Waals surface area contributed by atoms with E-state index in [9.17, 15) is 8.42 Å². The molecule has 1 fully saturated rings. The maximum absolute atomic E-state index is 12.0. The smallest absolute Gasteiger partial charge is 0.215 e. The van der Waals surface area contributed by atoms with Crippen LogP contribution in [-0.2, 0) is 14.8 Å². The minimum absolute atomic E-state index is 0. The second kappa shape index (κ2) is 12.3. The van der Waals surface area contributed by atoms with Crippen LogP contribution in [-0.4, -0.2) is 63.8 Å². The zero-order valence-corrected chi connectivity index (χ0v) is 16.4. The summed E-state index contributed by atoms with van der Waals surface area (Å²) < 4.78 is 30.7. The maximum Gasteiger partial charge on any atom is 0.215 e. The molecule has 1 saturated heterocycles. The average Bonchev–Trinajstić information content (AvgIpc) is 2.48. The van der Waals surface area contributed by atoms with E-state index >= 15 is 0 Å². The van der Waals surface area contributed by atoms with Gasteiger partial charge in [-0.15, -0.1) is 24.0 Å². The van der Waals surface area contributed by atoms with Gasteiger partial charge in [-0.2, -0.15) is 4.31 Å². The summed E-state index contributed by atoms with van der Waals surface area (Å²) in [6.45, 7) is 4.93. The van der Waals surface area contributed by atoms with Crippen LogP contribution in [0.2, 0.25) is 0 Å². The highest BCUT2D eigenvalue weighted by atomic mass is 127. The van der Waals surface area contributed by atoms with Gasteiger partial charge in [-0.3, -0.25) is 4.99 Å². The Morgan fingerprint density at radius 2 is 1.95 bits per heavy atom. The van der Waals surface area contributed by atoms with Gasteiger partial charge in [-0.25, -0.2) is 8.42 Å². The first-order chi connectivity index (χ1) is 10.1. The Morgan fingerprint density at radius 3 is 2.59 bits per heavy atom. The van der Waals surface area contributed by atoms with Crippen molar-refractivity contribution in [3.05, 3.63) is 0 Å². The highest BCUT2D eigenvalue weighted by Gasteiger charge is 2.23. The number of unbranched alkanes of at least 4 members (excludes halogenated alkanes) is 3. The predicted octanol–water partition coefficient (Wildman–Crippen LogP) is 0.751. The van der Waals surface area contributed by atoms with Gasteiger partial charge in [-0.05, 0) is 6.42 Å². The van der Waals surface area contributed by atoms with Crippen LogP contribution >= 0.6 is 24.0 Å². The fraction of sp³-hybridized carbons (Fsp3) is 0.923. The van der Waals surface area contributed by atoms with Crippen LogP contribution in [0.25, 0.3) is 0 Å². The monoisotopic (exact) mass is 448 g/mol. The quantitative estimate of drug-likeness (QED) is 0.235. The van der Waals surface area contributed by atoms with Crippen molar-refractivity contribution >= 4 is 40.0 Å². The van der Waals surface area contributed by atoms with Crippen molar-refractivity contribution in [2.24, 2.45) is 10.7 Å². The van der Waals surface area contributed by atoms with Gasteiger partial charge >= 0.3 is 0 Å². The standard InChI is InChI=1S/C13H28N4O3S.HI/c1-2-3-4-5-6-15-13(14)16-7-12-21(18,19)17-8-10-20-11-9-17;/h2-12H2,1H3,(H3,14,15,16);1H. The lowest BCUT2D eigenvalue weighted by atomic mass is 10.2. The first-order valence-corrected chi connectivity index (χ1v) is 9.26. The normalized spacial score (nSPS) is 17.0. The molecule has 0 aliphatic carbocycles. The fourth-order valence-electron chi connectivity index (χ4n) is 2.06. The number of halogens is 1. The molecule has 9 heteroatoms. The third kappa shape index (κ3) is 9.11. The van der Waals surface area contributed by atoms with Gasteiger partial charge in [0.05, 0.1) is 19.0 Å². The van der Waals surface area contributed by atoms with E-state index < -0.39 is 10.0 Å². The van der Waals surface area contributed by atoms with Gasteiger partial charge in [0.2, 0.25) is 10.0 Å². The molecule has 7 nitrogen and oxygen atoms in total. The van der Waals surface area contributed by atoms with Crippen molar-refractivity contribution in [2.75, 3.05) is 45.1 Å². The van der Waals surface area contributed by atoms with Gasteiger partial charge in [0.25, 0.3) is 0 Å². The summed E-state index contributed by atoms with van der Waals surface area (Å²) in [6.07, 6.45) is 4.57. The molecule has 1 rings (SSSR count). The number of nitrogens with zero attached hydrogens (tertiary/aromatic N) is 2. The molecule has 0 aromatic heterocycles. The summed E-state index contributed by atoms with van der Waals surface area (Å²) in [7, 11) is -3.23. The van der Waals surface area contributed by atoms with E-state index in [-0.39, 0.29) is 36.3 Å². The third-order valence-electron chi connectivity index (χ3n) is 3.32. The number of nitrogens with two attached hydrogens (primary N) is 1. The van der Waals surface area contributed by atoms with Crippen LogP contribution in [0.15, 0.2) is 4.99 Å². The maximum atomic E-state index is 12.0. The number of sulfonamides is 1. The molecular weight excluding hydrogens is 419 g/mol. The number of hydrogen-bond donors (Lipinski definition) is 2. The molecule has 3 N–H and O–H groups in total. The van der Waals surface area contributed by atoms with E-state index in [1.54, 1.807) is 0 Å². The number of hydrogen-bond acceptors (Lipinski definition) is 4. The molecule has 0 bridgehead atoms. The SMILES string of the molecule is CCCCCCN=C(N)NCCS(=O)(=O)N1CCOCC1.I. The largest absolute Gasteiger partial charge is 0.379 e. The summed E-state index contributed by atoms with van der Waals surface area (Å²) in [6, 6.07) is 0. The molecule has 0 amide bonds. The Morgan fingerprint density at radius 1 is 1.27 bits per heavy atom. The number of aliphatic imine (C=N–C) groups is 1. The average molecular weight is 448 g/mol. The molecule has 0 radical (unpaired) electrons. The highest BCUT2D eigenvalue weighted by molar-refractivity contribution is 14.0. The molecule has 0 spiro atoms. The lowest BCUT2D eigenvalue weighted by Crippen LogP contribution is -2.44. The van der Waals surface area contributed by atoms with Crippen LogP contribution in [0.3, 0.4) is 0 Å². The van der Waals surface area contributed by atoms with Crippen LogP contribution in [0.1, 0.15) is 32.6 Å². The summed E-state index contributed by atoms with van der Waals surface area (Å²) in [4.78, 5) is 4.18. The van der Waals surface area contributed by atoms with Crippen molar-refractivity contribution in [1.29, 1.82) is 0 Å². The third-order valence-corrected chi connectivity index (χ3v) is 5.20. The number of rotatable bonds is 9. The summed E-state index contributed by atoms with van der Waals surface area (Å²) in [5, 5.41) is 2.86. The van der Waals surface area contributed by atoms with Crippen molar-refractivity contribution in [3.63, 3.8) is 0 Å². The molecule has 1 heterocycles. The second-order valence-corrected chi connectivity index (χ2v) is 7.17. The Kier molecular flexibility index (Phi) is 12.2. The van der Waals surface area contributed by atoms with Crippen molar-refractivity contribution in [3.8, 4) is 0 Å². The Bertz CT molecular complexity index is 412. The topological polar surface area (TPSA) is 97.0 Å². The minimum atomic E-state index is -3.23. The fourth-order valence-corrected chi connectivity index (χ4v) is 3.38. The van der Waals surface area contributed by atoms with Gasteiger partial charge in [-0.1, -0.05) is 26.2 Å². The van der Waals surface area contributed by atoms with E-state index in [1.807, 2.05) is 0 Å². The van der Waals surface area contributed by atoms with E-state index in [2.05, 4.69) is 17.2 Å². The first kappa shape index (κ1) is 21.9. The van der Waals surface area contributed by atoms with E-state index in [0.29, 0.717) is 38.8 Å². The molecule has 132 valence electrons. The molecule has 0 saturated carbocycles. The molecule has 22 heavy (non-hydrogen) atoms. The zero-order valence-electron chi connectivity index (χ0n) is 13.3. The van der Waals surface area contributed by atoms with E-state index in [0.717, 1.165) is 12.8 Å². The Hall–Kier alpha value is -0.130. The number of morpholine rings is 1. The highest BCUT2D eigenvalue weighted by Crippen LogP contribution is 2.04. The lowest BCUT2D eigenvalue weighted by molar-refractivity contribution is 0.0730. The lowest BCUT2D eigenvalue weighted by Gasteiger charge is -2.26. The molecule has 1 aliphatic heterocycles. The number of nitrogens with one attached hydrogen (secondary N) is 1. The van der Waals surface area contributed by atoms with Crippen LogP contribution in [0.5, 0.6) is 0 Å². The Balaban J connectivity index is 0.00000441. The summed E-state index contributed by atoms with van der Waals surface area (Å²) >= 11 is 0. The molecule has 1 aliphatic rings. The summed E-state index contributed by atoms with van der Waals surface area (Å²) in [5.41, 5.74) is 5.71. The minimum Gasteiger partial charge on any atom is -0.379 e. The van der Waals surface area contributed by atoms with Crippen LogP contribution in [0, 0.1) is 0 Å². The van der Waals surface area contributed by atoms with Gasteiger partial charge in [0.15, 0.2) is 5.96 Å². The molecule has 0 aromatic rings. The zero-order chi connectivity index (χ0) is 15.6. The van der Waals surface area contributed by atoms with Crippen molar-refractivity contribution < 1.29 is 13.2 Å². The molecule has 0 unspecified atom stereocenters. The summed E-state index contributed by atoms with van der Waals surface area (Å²) in [5.74, 6) is 0.350. The van der Waals surface area contributed by atoms with E-state index in [1.165, 1.54) is 17.1 Å². The van der Waals surface area contributed by atoms with Crippen LogP contribution < -0.4 is 11.1 Å².